The molecule has 1 saturated heterocycles. The van der Waals surface area contributed by atoms with Gasteiger partial charge in [0.2, 0.25) is 0 Å². The van der Waals surface area contributed by atoms with Crippen LogP contribution in [0, 0.1) is 0 Å². The van der Waals surface area contributed by atoms with Crippen molar-refractivity contribution in [3.63, 3.8) is 0 Å². The van der Waals surface area contributed by atoms with Gasteiger partial charge in [0.05, 0.1) is 0 Å². The third-order valence-corrected chi connectivity index (χ3v) is 9.49. The summed E-state index contributed by atoms with van der Waals surface area (Å²) in [5.74, 6) is 0. The quantitative estimate of drug-likeness (QED) is 0.688. The topological polar surface area (TPSA) is 18.5 Å². The van der Waals surface area contributed by atoms with Gasteiger partial charge in [-0.15, -0.1) is 0 Å². The van der Waals surface area contributed by atoms with Crippen LogP contribution < -0.4 is 15.9 Å². The number of benzene rings is 3. The summed E-state index contributed by atoms with van der Waals surface area (Å²) in [4.78, 5) is 0. The van der Waals surface area contributed by atoms with E-state index >= 15 is 0 Å². The first-order chi connectivity index (χ1) is 11.4. The molecule has 1 fully saturated rings. The molecule has 23 heavy (non-hydrogen) atoms. The van der Waals surface area contributed by atoms with E-state index in [1.54, 1.807) is 0 Å². The summed E-state index contributed by atoms with van der Waals surface area (Å²) in [6, 6.07) is 31.2. The molecule has 0 aliphatic carbocycles. The van der Waals surface area contributed by atoms with Crippen molar-refractivity contribution in [2.45, 2.75) is 0 Å². The van der Waals surface area contributed by atoms with Crippen molar-refractivity contribution in [1.82, 2.24) is 0 Å². The molecule has 116 valence electrons. The summed E-state index contributed by atoms with van der Waals surface area (Å²) < 4.78 is 13.2. The summed E-state index contributed by atoms with van der Waals surface area (Å²) in [5, 5.41) is 3.36. The van der Waals surface area contributed by atoms with Crippen molar-refractivity contribution < 1.29 is 9.05 Å². The molecule has 1 heterocycles. The van der Waals surface area contributed by atoms with E-state index in [-0.39, 0.29) is 0 Å². The van der Waals surface area contributed by atoms with E-state index in [4.69, 9.17) is 9.05 Å². The van der Waals surface area contributed by atoms with Crippen LogP contribution in [0.1, 0.15) is 0 Å². The fourth-order valence-corrected chi connectivity index (χ4v) is 8.30. The first kappa shape index (κ1) is 14.6. The minimum absolute atomic E-state index is 0.608. The van der Waals surface area contributed by atoms with Gasteiger partial charge in [-0.3, -0.25) is 0 Å². The third kappa shape index (κ3) is 2.00. The van der Waals surface area contributed by atoms with E-state index in [1.165, 1.54) is 0 Å². The molecule has 3 aromatic rings. The first-order valence-electron chi connectivity index (χ1n) is 7.85. The minimum atomic E-state index is -3.31. The zero-order chi connectivity index (χ0) is 15.6. The molecule has 3 aromatic carbocycles. The normalized spacial score (nSPS) is 20.4. The Hall–Kier alpha value is -1.99. The summed E-state index contributed by atoms with van der Waals surface area (Å²) in [6.07, 6.45) is 0. The molecule has 0 saturated carbocycles. The predicted octanol–water partition coefficient (Wildman–Crippen LogP) is 3.39. The van der Waals surface area contributed by atoms with Crippen LogP contribution in [0.15, 0.2) is 91.0 Å². The zero-order valence-corrected chi connectivity index (χ0v) is 13.7. The van der Waals surface area contributed by atoms with Gasteiger partial charge in [0.15, 0.2) is 0 Å². The van der Waals surface area contributed by atoms with E-state index in [0.717, 1.165) is 15.9 Å². The standard InChI is InChI=1S/C20H19O2P/c1-4-10-18(11-5-1)23(21-16-17-22-23,19-12-6-2-7-13-19)20-14-8-3-9-15-20/h1-15H,16-17H2. The van der Waals surface area contributed by atoms with Crippen molar-refractivity contribution in [3.8, 4) is 0 Å². The van der Waals surface area contributed by atoms with Gasteiger partial charge in [-0.1, -0.05) is 0 Å². The maximum atomic E-state index is 6.59. The van der Waals surface area contributed by atoms with Crippen molar-refractivity contribution in [2.75, 3.05) is 13.2 Å². The van der Waals surface area contributed by atoms with Crippen LogP contribution in [0.4, 0.5) is 0 Å². The Kier molecular flexibility index (Phi) is 3.54. The predicted molar refractivity (Wildman–Crippen MR) is 97.1 cm³/mol. The Balaban J connectivity index is 2.12. The number of hydrogen-bond acceptors (Lipinski definition) is 2. The van der Waals surface area contributed by atoms with Gasteiger partial charge in [-0.2, -0.15) is 0 Å². The van der Waals surface area contributed by atoms with E-state index in [0.29, 0.717) is 13.2 Å². The number of hydrogen-bond donors (Lipinski definition) is 0. The molecule has 0 unspecified atom stereocenters. The van der Waals surface area contributed by atoms with E-state index in [9.17, 15) is 0 Å². The zero-order valence-electron chi connectivity index (χ0n) is 12.8. The Morgan fingerprint density at radius 2 is 0.783 bits per heavy atom. The van der Waals surface area contributed by atoms with Crippen LogP contribution >= 0.6 is 7.06 Å². The summed E-state index contributed by atoms with van der Waals surface area (Å²) in [6.45, 7) is 1.22. The van der Waals surface area contributed by atoms with Crippen molar-refractivity contribution in [1.29, 1.82) is 0 Å². The molecule has 0 aromatic heterocycles. The number of rotatable bonds is 3. The molecular formula is C20H19O2P. The monoisotopic (exact) mass is 322 g/mol. The fourth-order valence-electron chi connectivity index (χ4n) is 3.45. The average molecular weight is 322 g/mol. The molecule has 0 spiro atoms. The van der Waals surface area contributed by atoms with Crippen molar-refractivity contribution in [2.24, 2.45) is 0 Å². The Bertz CT molecular complexity index is 678. The molecule has 4 rings (SSSR count). The van der Waals surface area contributed by atoms with Crippen molar-refractivity contribution >= 4 is 23.0 Å². The van der Waals surface area contributed by atoms with Crippen LogP contribution in [0.5, 0.6) is 0 Å². The molecule has 0 bridgehead atoms. The second-order valence-electron chi connectivity index (χ2n) is 5.63. The Morgan fingerprint density at radius 1 is 0.478 bits per heavy atom. The van der Waals surface area contributed by atoms with Crippen LogP contribution in [-0.4, -0.2) is 13.2 Å². The van der Waals surface area contributed by atoms with Gasteiger partial charge >= 0.3 is 136 Å². The van der Waals surface area contributed by atoms with Crippen LogP contribution in [0.25, 0.3) is 0 Å². The molecule has 0 amide bonds. The van der Waals surface area contributed by atoms with E-state index < -0.39 is 7.06 Å². The van der Waals surface area contributed by atoms with E-state index in [1.807, 2.05) is 18.2 Å². The third-order valence-electron chi connectivity index (χ3n) is 4.43. The average Bonchev–Trinajstić information content (AvgIpc) is 3.12. The molecule has 0 atom stereocenters. The first-order valence-corrected chi connectivity index (χ1v) is 9.92. The van der Waals surface area contributed by atoms with Crippen LogP contribution in [-0.2, 0) is 9.05 Å². The second-order valence-corrected chi connectivity index (χ2v) is 9.61. The Morgan fingerprint density at radius 3 is 1.09 bits per heavy atom. The van der Waals surface area contributed by atoms with Gasteiger partial charge in [0.25, 0.3) is 0 Å². The van der Waals surface area contributed by atoms with Crippen molar-refractivity contribution in [3.05, 3.63) is 91.0 Å². The SMILES string of the molecule is c1ccc(P2(c3ccccc3)(c3ccccc3)OCCO2)cc1. The molecule has 1 aliphatic rings. The molecule has 0 radical (unpaired) electrons. The fraction of sp³-hybridized carbons (Fsp3) is 0.100. The molecular weight excluding hydrogens is 303 g/mol. The molecule has 2 nitrogen and oxygen atoms in total. The van der Waals surface area contributed by atoms with Gasteiger partial charge in [0, 0.05) is 0 Å². The summed E-state index contributed by atoms with van der Waals surface area (Å²) in [7, 11) is -3.31. The summed E-state index contributed by atoms with van der Waals surface area (Å²) in [5.41, 5.74) is 0. The molecule has 1 aliphatic heterocycles. The maximum absolute atomic E-state index is 6.59. The van der Waals surface area contributed by atoms with Gasteiger partial charge in [-0.05, 0) is 0 Å². The second kappa shape index (κ2) is 5.58. The Labute approximate surface area is 136 Å². The van der Waals surface area contributed by atoms with Gasteiger partial charge < -0.3 is 0 Å². The molecule has 0 N–H and O–H groups in total. The summed E-state index contributed by atoms with van der Waals surface area (Å²) >= 11 is 0. The van der Waals surface area contributed by atoms with Gasteiger partial charge in [0.1, 0.15) is 0 Å². The van der Waals surface area contributed by atoms with E-state index in [2.05, 4.69) is 72.8 Å². The molecule has 3 heteroatoms. The van der Waals surface area contributed by atoms with Gasteiger partial charge in [-0.25, -0.2) is 0 Å². The van der Waals surface area contributed by atoms with Crippen LogP contribution in [0.2, 0.25) is 0 Å². The van der Waals surface area contributed by atoms with Crippen LogP contribution in [0.3, 0.4) is 0 Å².